The van der Waals surface area contributed by atoms with Crippen molar-refractivity contribution in [3.8, 4) is 0 Å². The van der Waals surface area contributed by atoms with E-state index in [1.54, 1.807) is 11.3 Å². The van der Waals surface area contributed by atoms with Crippen LogP contribution >= 0.6 is 22.9 Å². The van der Waals surface area contributed by atoms with Gasteiger partial charge in [0.15, 0.2) is 0 Å². The molecule has 0 bridgehead atoms. The fourth-order valence-corrected chi connectivity index (χ4v) is 3.80. The lowest BCUT2D eigenvalue weighted by molar-refractivity contribution is -0.138. The first kappa shape index (κ1) is 15.3. The fraction of sp³-hybridized carbons (Fsp3) is 0.400. The van der Waals surface area contributed by atoms with E-state index in [1.165, 1.54) is 0 Å². The van der Waals surface area contributed by atoms with Crippen molar-refractivity contribution >= 4 is 39.0 Å². The number of halogens is 1. The van der Waals surface area contributed by atoms with E-state index in [0.717, 1.165) is 26.5 Å². The minimum Gasteiger partial charge on any atom is -0.480 e. The number of benzene rings is 1. The van der Waals surface area contributed by atoms with Gasteiger partial charge in [0, 0.05) is 28.1 Å². The van der Waals surface area contributed by atoms with Gasteiger partial charge in [-0.05, 0) is 12.0 Å². The summed E-state index contributed by atoms with van der Waals surface area (Å²) in [6.07, 6.45) is 0. The molecule has 0 fully saturated rings. The SMILES string of the molecule is CC(C)CN(CC(=O)O)Cc1sc2ccccc2c1Cl. The number of rotatable bonds is 6. The molecule has 3 nitrogen and oxygen atoms in total. The maximum atomic E-state index is 11.0. The largest absolute Gasteiger partial charge is 0.480 e. The third-order valence-corrected chi connectivity index (χ3v) is 4.65. The predicted octanol–water partition coefficient (Wildman–Crippen LogP) is 4.10. The number of aliphatic carboxylic acids is 1. The van der Waals surface area contributed by atoms with E-state index in [9.17, 15) is 4.79 Å². The first-order valence-electron chi connectivity index (χ1n) is 6.57. The second-order valence-electron chi connectivity index (χ2n) is 5.29. The Bertz CT molecular complexity index is 609. The molecule has 2 rings (SSSR count). The van der Waals surface area contributed by atoms with Crippen LogP contribution in [0.15, 0.2) is 24.3 Å². The average Bonchev–Trinajstić information content (AvgIpc) is 2.65. The quantitative estimate of drug-likeness (QED) is 0.873. The first-order chi connectivity index (χ1) is 9.47. The average molecular weight is 312 g/mol. The van der Waals surface area contributed by atoms with Crippen molar-refractivity contribution in [3.05, 3.63) is 34.2 Å². The number of thiophene rings is 1. The number of hydrogen-bond acceptors (Lipinski definition) is 3. The van der Waals surface area contributed by atoms with Crippen molar-refractivity contribution in [1.29, 1.82) is 0 Å². The van der Waals surface area contributed by atoms with Gasteiger partial charge in [0.2, 0.25) is 0 Å². The second-order valence-corrected chi connectivity index (χ2v) is 6.81. The van der Waals surface area contributed by atoms with Crippen molar-refractivity contribution < 1.29 is 9.90 Å². The summed E-state index contributed by atoms with van der Waals surface area (Å²) < 4.78 is 1.15. The monoisotopic (exact) mass is 311 g/mol. The molecular formula is C15H18ClNO2S. The molecule has 0 aliphatic carbocycles. The molecule has 0 amide bonds. The summed E-state index contributed by atoms with van der Waals surface area (Å²) in [4.78, 5) is 13.9. The van der Waals surface area contributed by atoms with Gasteiger partial charge in [-0.1, -0.05) is 43.6 Å². The molecule has 0 aliphatic heterocycles. The zero-order chi connectivity index (χ0) is 14.7. The molecule has 5 heteroatoms. The third kappa shape index (κ3) is 3.72. The molecule has 0 radical (unpaired) electrons. The molecule has 2 aromatic rings. The van der Waals surface area contributed by atoms with Crippen molar-refractivity contribution in [3.63, 3.8) is 0 Å². The topological polar surface area (TPSA) is 40.5 Å². The number of carbonyl (C=O) groups is 1. The van der Waals surface area contributed by atoms with Gasteiger partial charge in [-0.25, -0.2) is 0 Å². The Morgan fingerprint density at radius 2 is 2.10 bits per heavy atom. The molecule has 1 N–H and O–H groups in total. The van der Waals surface area contributed by atoms with Gasteiger partial charge in [0.1, 0.15) is 0 Å². The van der Waals surface area contributed by atoms with Gasteiger partial charge in [-0.3, -0.25) is 9.69 Å². The Morgan fingerprint density at radius 1 is 1.40 bits per heavy atom. The summed E-state index contributed by atoms with van der Waals surface area (Å²) in [6.45, 7) is 5.55. The van der Waals surface area contributed by atoms with E-state index in [-0.39, 0.29) is 6.54 Å². The van der Waals surface area contributed by atoms with E-state index in [1.807, 2.05) is 29.2 Å². The highest BCUT2D eigenvalue weighted by Gasteiger charge is 2.16. The number of hydrogen-bond donors (Lipinski definition) is 1. The first-order valence-corrected chi connectivity index (χ1v) is 7.77. The summed E-state index contributed by atoms with van der Waals surface area (Å²) in [5.41, 5.74) is 0. The Kier molecular flexibility index (Phi) is 5.02. The van der Waals surface area contributed by atoms with Crippen LogP contribution in [0.25, 0.3) is 10.1 Å². The van der Waals surface area contributed by atoms with Gasteiger partial charge < -0.3 is 5.11 Å². The van der Waals surface area contributed by atoms with Crippen LogP contribution in [0.3, 0.4) is 0 Å². The van der Waals surface area contributed by atoms with Gasteiger partial charge in [0.05, 0.1) is 11.6 Å². The zero-order valence-electron chi connectivity index (χ0n) is 11.6. The molecular weight excluding hydrogens is 294 g/mol. The van der Waals surface area contributed by atoms with Gasteiger partial charge in [-0.15, -0.1) is 11.3 Å². The van der Waals surface area contributed by atoms with Crippen LogP contribution in [0.4, 0.5) is 0 Å². The highest BCUT2D eigenvalue weighted by atomic mass is 35.5. The van der Waals surface area contributed by atoms with E-state index >= 15 is 0 Å². The highest BCUT2D eigenvalue weighted by molar-refractivity contribution is 7.19. The lowest BCUT2D eigenvalue weighted by Gasteiger charge is -2.21. The molecule has 0 spiro atoms. The summed E-state index contributed by atoms with van der Waals surface area (Å²) in [5.74, 6) is -0.384. The number of carboxylic acids is 1. The van der Waals surface area contributed by atoms with E-state index in [4.69, 9.17) is 16.7 Å². The van der Waals surface area contributed by atoms with Crippen LogP contribution in [0.1, 0.15) is 18.7 Å². The second kappa shape index (κ2) is 6.57. The molecule has 108 valence electrons. The lowest BCUT2D eigenvalue weighted by atomic mass is 10.2. The molecule has 1 heterocycles. The standard InChI is InChI=1S/C15H18ClNO2S/c1-10(2)7-17(9-14(18)19)8-13-15(16)11-5-3-4-6-12(11)20-13/h3-6,10H,7-9H2,1-2H3,(H,18,19). The van der Waals surface area contributed by atoms with Crippen molar-refractivity contribution in [2.45, 2.75) is 20.4 Å². The van der Waals surface area contributed by atoms with Crippen LogP contribution < -0.4 is 0 Å². The molecule has 1 aromatic heterocycles. The summed E-state index contributed by atoms with van der Waals surface area (Å²) in [6, 6.07) is 8.00. The molecule has 0 saturated carbocycles. The lowest BCUT2D eigenvalue weighted by Crippen LogP contribution is -2.32. The van der Waals surface area contributed by atoms with Crippen LogP contribution in [0, 0.1) is 5.92 Å². The normalized spacial score (nSPS) is 11.7. The minimum absolute atomic E-state index is 0.0444. The third-order valence-electron chi connectivity index (χ3n) is 2.95. The number of carboxylic acid groups (broad SMARTS) is 1. The van der Waals surface area contributed by atoms with Crippen LogP contribution in [-0.4, -0.2) is 29.1 Å². The summed E-state index contributed by atoms with van der Waals surface area (Å²) in [5, 5.41) is 10.8. The summed E-state index contributed by atoms with van der Waals surface area (Å²) >= 11 is 8.05. The minimum atomic E-state index is -0.803. The molecule has 0 unspecified atom stereocenters. The highest BCUT2D eigenvalue weighted by Crippen LogP contribution is 2.35. The predicted molar refractivity (Wildman–Crippen MR) is 84.6 cm³/mol. The van der Waals surface area contributed by atoms with Gasteiger partial charge >= 0.3 is 5.97 Å². The molecule has 20 heavy (non-hydrogen) atoms. The van der Waals surface area contributed by atoms with E-state index in [2.05, 4.69) is 13.8 Å². The van der Waals surface area contributed by atoms with E-state index in [0.29, 0.717) is 12.5 Å². The van der Waals surface area contributed by atoms with Gasteiger partial charge in [-0.2, -0.15) is 0 Å². The molecule has 0 saturated heterocycles. The number of nitrogens with zero attached hydrogens (tertiary/aromatic N) is 1. The maximum absolute atomic E-state index is 11.0. The maximum Gasteiger partial charge on any atom is 0.317 e. The molecule has 0 aliphatic rings. The number of fused-ring (bicyclic) bond motifs is 1. The van der Waals surface area contributed by atoms with Crippen LogP contribution in [-0.2, 0) is 11.3 Å². The Hall–Kier alpha value is -1.10. The van der Waals surface area contributed by atoms with Crippen molar-refractivity contribution in [1.82, 2.24) is 4.90 Å². The summed E-state index contributed by atoms with van der Waals surface area (Å²) in [7, 11) is 0. The fourth-order valence-electron chi connectivity index (χ4n) is 2.26. The van der Waals surface area contributed by atoms with Crippen LogP contribution in [0.2, 0.25) is 5.02 Å². The Balaban J connectivity index is 2.23. The molecule has 1 aromatic carbocycles. The van der Waals surface area contributed by atoms with Crippen molar-refractivity contribution in [2.24, 2.45) is 5.92 Å². The van der Waals surface area contributed by atoms with Gasteiger partial charge in [0.25, 0.3) is 0 Å². The van der Waals surface area contributed by atoms with Crippen molar-refractivity contribution in [2.75, 3.05) is 13.1 Å². The van der Waals surface area contributed by atoms with Crippen LogP contribution in [0.5, 0.6) is 0 Å². The molecule has 0 atom stereocenters. The smallest absolute Gasteiger partial charge is 0.317 e. The van der Waals surface area contributed by atoms with E-state index < -0.39 is 5.97 Å². The Labute approximate surface area is 127 Å². The zero-order valence-corrected chi connectivity index (χ0v) is 13.2. The Morgan fingerprint density at radius 3 is 2.70 bits per heavy atom.